The number of nitrogens with one attached hydrogen (secondary N) is 1. The second-order valence-electron chi connectivity index (χ2n) is 3.99. The van der Waals surface area contributed by atoms with E-state index < -0.39 is 11.9 Å². The first-order valence-corrected chi connectivity index (χ1v) is 5.65. The molecule has 94 valence electrons. The lowest BCUT2D eigenvalue weighted by molar-refractivity contribution is -0.139. The van der Waals surface area contributed by atoms with E-state index in [0.29, 0.717) is 23.5 Å². The summed E-state index contributed by atoms with van der Waals surface area (Å²) < 4.78 is 13.1. The molecule has 0 radical (unpaired) electrons. The zero-order chi connectivity index (χ0) is 13.1. The van der Waals surface area contributed by atoms with E-state index in [9.17, 15) is 9.18 Å². The maximum Gasteiger partial charge on any atom is 0.314 e. The molecule has 0 fully saturated rings. The van der Waals surface area contributed by atoms with Crippen LogP contribution in [-0.4, -0.2) is 21.0 Å². The van der Waals surface area contributed by atoms with Gasteiger partial charge >= 0.3 is 5.97 Å². The maximum absolute atomic E-state index is 13.1. The molecule has 0 saturated carbocycles. The second-order valence-corrected chi connectivity index (χ2v) is 3.99. The molecule has 4 nitrogen and oxygen atoms in total. The van der Waals surface area contributed by atoms with Crippen molar-refractivity contribution in [1.82, 2.24) is 9.97 Å². The van der Waals surface area contributed by atoms with E-state index in [4.69, 9.17) is 5.11 Å². The van der Waals surface area contributed by atoms with Crippen LogP contribution in [0, 0.1) is 5.82 Å². The van der Waals surface area contributed by atoms with Crippen LogP contribution in [0.3, 0.4) is 0 Å². The van der Waals surface area contributed by atoms with Gasteiger partial charge in [0.15, 0.2) is 0 Å². The van der Waals surface area contributed by atoms with Crippen molar-refractivity contribution in [2.45, 2.75) is 19.3 Å². The molecule has 2 aromatic rings. The number of aromatic amines is 1. The van der Waals surface area contributed by atoms with E-state index in [1.807, 2.05) is 0 Å². The average Bonchev–Trinajstić information content (AvgIpc) is 2.79. The lowest BCUT2D eigenvalue weighted by atomic mass is 10.1. The number of rotatable bonds is 4. The predicted molar refractivity (Wildman–Crippen MR) is 64.6 cm³/mol. The molecular weight excluding hydrogens is 235 g/mol. The zero-order valence-corrected chi connectivity index (χ0v) is 9.85. The van der Waals surface area contributed by atoms with E-state index >= 15 is 0 Å². The molecule has 2 rings (SSSR count). The number of H-pyrrole nitrogens is 1. The number of benzene rings is 1. The van der Waals surface area contributed by atoms with Crippen LogP contribution in [0.15, 0.2) is 30.5 Å². The predicted octanol–water partition coefficient (Wildman–Crippen LogP) is 2.79. The number of nitrogens with zero attached hydrogens (tertiary/aromatic N) is 1. The molecular formula is C13H13FN2O2. The Labute approximate surface area is 103 Å². The quantitative estimate of drug-likeness (QED) is 0.874. The minimum absolute atomic E-state index is 0.339. The molecule has 0 aliphatic rings. The van der Waals surface area contributed by atoms with Gasteiger partial charge in [-0.1, -0.05) is 19.1 Å². The zero-order valence-electron chi connectivity index (χ0n) is 9.85. The van der Waals surface area contributed by atoms with Gasteiger partial charge in [-0.05, 0) is 18.6 Å². The van der Waals surface area contributed by atoms with Gasteiger partial charge in [-0.2, -0.15) is 0 Å². The monoisotopic (exact) mass is 248 g/mol. The Bertz CT molecular complexity index is 566. The fourth-order valence-electron chi connectivity index (χ4n) is 1.80. The van der Waals surface area contributed by atoms with Crippen molar-refractivity contribution < 1.29 is 14.3 Å². The first-order valence-electron chi connectivity index (χ1n) is 5.65. The van der Waals surface area contributed by atoms with Gasteiger partial charge in [-0.3, -0.25) is 4.79 Å². The van der Waals surface area contributed by atoms with E-state index in [1.165, 1.54) is 18.3 Å². The van der Waals surface area contributed by atoms with Crippen molar-refractivity contribution in [1.29, 1.82) is 0 Å². The van der Waals surface area contributed by atoms with Gasteiger partial charge < -0.3 is 10.1 Å². The summed E-state index contributed by atoms with van der Waals surface area (Å²) in [5, 5.41) is 9.03. The van der Waals surface area contributed by atoms with Gasteiger partial charge in [0.25, 0.3) is 0 Å². The van der Waals surface area contributed by atoms with Crippen LogP contribution >= 0.6 is 0 Å². The summed E-state index contributed by atoms with van der Waals surface area (Å²) in [7, 11) is 0. The van der Waals surface area contributed by atoms with E-state index in [-0.39, 0.29) is 5.82 Å². The van der Waals surface area contributed by atoms with Gasteiger partial charge in [0, 0.05) is 5.56 Å². The molecule has 1 unspecified atom stereocenters. The first kappa shape index (κ1) is 12.3. The number of carboxylic acids is 1. The summed E-state index contributed by atoms with van der Waals surface area (Å²) in [5.74, 6) is -1.52. The van der Waals surface area contributed by atoms with E-state index in [0.717, 1.165) is 0 Å². The summed E-state index contributed by atoms with van der Waals surface area (Å²) in [6.07, 6.45) is 1.97. The van der Waals surface area contributed by atoms with Crippen molar-refractivity contribution in [3.63, 3.8) is 0 Å². The normalized spacial score (nSPS) is 12.3. The topological polar surface area (TPSA) is 66.0 Å². The number of aliphatic carboxylic acids is 1. The molecule has 0 bridgehead atoms. The van der Waals surface area contributed by atoms with E-state index in [2.05, 4.69) is 9.97 Å². The van der Waals surface area contributed by atoms with Crippen LogP contribution in [0.25, 0.3) is 11.3 Å². The standard InChI is InChI=1S/C13H13FN2O2/c1-2-10(13(17)18)12-15-7-11(16-12)8-4-3-5-9(14)6-8/h3-7,10H,2H2,1H3,(H,15,16)(H,17,18). The first-order chi connectivity index (χ1) is 8.61. The third-order valence-electron chi connectivity index (χ3n) is 2.77. The van der Waals surface area contributed by atoms with Crippen LogP contribution in [0.5, 0.6) is 0 Å². The Morgan fingerprint density at radius 2 is 2.33 bits per heavy atom. The van der Waals surface area contributed by atoms with Crippen LogP contribution in [0.2, 0.25) is 0 Å². The molecule has 1 atom stereocenters. The van der Waals surface area contributed by atoms with Crippen molar-refractivity contribution >= 4 is 5.97 Å². The molecule has 1 heterocycles. The summed E-state index contributed by atoms with van der Waals surface area (Å²) in [4.78, 5) is 18.0. The van der Waals surface area contributed by atoms with Gasteiger partial charge in [0.2, 0.25) is 0 Å². The molecule has 2 N–H and O–H groups in total. The minimum Gasteiger partial charge on any atom is -0.481 e. The molecule has 5 heteroatoms. The largest absolute Gasteiger partial charge is 0.481 e. The molecule has 0 aliphatic heterocycles. The Morgan fingerprint density at radius 3 is 2.94 bits per heavy atom. The van der Waals surface area contributed by atoms with Crippen molar-refractivity contribution in [2.24, 2.45) is 0 Å². The van der Waals surface area contributed by atoms with Crippen molar-refractivity contribution in [2.75, 3.05) is 0 Å². The Morgan fingerprint density at radius 1 is 1.56 bits per heavy atom. The average molecular weight is 248 g/mol. The lowest BCUT2D eigenvalue weighted by Crippen LogP contribution is -2.11. The number of carbonyl (C=O) groups is 1. The van der Waals surface area contributed by atoms with Gasteiger partial charge in [-0.25, -0.2) is 9.37 Å². The van der Waals surface area contributed by atoms with Crippen LogP contribution in [0.1, 0.15) is 25.1 Å². The SMILES string of the molecule is CCC(C(=O)O)c1ncc(-c2cccc(F)c2)[nH]1. The molecule has 0 saturated heterocycles. The van der Waals surface area contributed by atoms with Crippen LogP contribution < -0.4 is 0 Å². The van der Waals surface area contributed by atoms with Crippen LogP contribution in [-0.2, 0) is 4.79 Å². The van der Waals surface area contributed by atoms with Gasteiger partial charge in [0.1, 0.15) is 17.6 Å². The molecule has 1 aromatic heterocycles. The summed E-state index contributed by atoms with van der Waals surface area (Å²) in [5.41, 5.74) is 1.26. The highest BCUT2D eigenvalue weighted by Crippen LogP contribution is 2.22. The smallest absolute Gasteiger partial charge is 0.314 e. The van der Waals surface area contributed by atoms with E-state index in [1.54, 1.807) is 19.1 Å². The fourth-order valence-corrected chi connectivity index (χ4v) is 1.80. The third kappa shape index (κ3) is 2.40. The Balaban J connectivity index is 2.33. The highest BCUT2D eigenvalue weighted by atomic mass is 19.1. The fraction of sp³-hybridized carbons (Fsp3) is 0.231. The third-order valence-corrected chi connectivity index (χ3v) is 2.77. The minimum atomic E-state index is -0.919. The van der Waals surface area contributed by atoms with Gasteiger partial charge in [-0.15, -0.1) is 0 Å². The van der Waals surface area contributed by atoms with Crippen molar-refractivity contribution in [3.8, 4) is 11.3 Å². The molecule has 0 spiro atoms. The highest BCUT2D eigenvalue weighted by molar-refractivity contribution is 5.75. The number of hydrogen-bond donors (Lipinski definition) is 2. The highest BCUT2D eigenvalue weighted by Gasteiger charge is 2.20. The molecule has 0 aliphatic carbocycles. The second kappa shape index (κ2) is 5.00. The molecule has 18 heavy (non-hydrogen) atoms. The molecule has 0 amide bonds. The van der Waals surface area contributed by atoms with Crippen molar-refractivity contribution in [3.05, 3.63) is 42.1 Å². The number of carboxylic acid groups (broad SMARTS) is 1. The Kier molecular flexibility index (Phi) is 3.41. The summed E-state index contributed by atoms with van der Waals surface area (Å²) in [6, 6.07) is 6.06. The van der Waals surface area contributed by atoms with Gasteiger partial charge in [0.05, 0.1) is 11.9 Å². The van der Waals surface area contributed by atoms with Crippen LogP contribution in [0.4, 0.5) is 4.39 Å². The Hall–Kier alpha value is -2.17. The number of halogens is 1. The number of imidazole rings is 1. The summed E-state index contributed by atoms with van der Waals surface area (Å²) >= 11 is 0. The maximum atomic E-state index is 13.1. The number of hydrogen-bond acceptors (Lipinski definition) is 2. The molecule has 1 aromatic carbocycles. The number of aromatic nitrogens is 2. The lowest BCUT2D eigenvalue weighted by Gasteiger charge is -2.05. The summed E-state index contributed by atoms with van der Waals surface area (Å²) in [6.45, 7) is 1.78.